The second kappa shape index (κ2) is 7.50. The van der Waals surface area contributed by atoms with Crippen molar-refractivity contribution in [2.45, 2.75) is 19.9 Å². The standard InChI is InChI=1S/C22H20N2O3/c1-2-26-22(25)20-13-12-19(27-20)21-17-10-6-7-11-18(17)24(23-21)15-14-16-8-4-3-5-9-16/h3-13H,2,14-15H2,1H3. The van der Waals surface area contributed by atoms with Gasteiger partial charge in [-0.05, 0) is 37.1 Å². The summed E-state index contributed by atoms with van der Waals surface area (Å²) < 4.78 is 12.7. The molecule has 0 saturated carbocycles. The second-order valence-electron chi connectivity index (χ2n) is 6.21. The molecule has 5 nitrogen and oxygen atoms in total. The number of fused-ring (bicyclic) bond motifs is 1. The summed E-state index contributed by atoms with van der Waals surface area (Å²) in [5.41, 5.74) is 3.04. The van der Waals surface area contributed by atoms with E-state index in [-0.39, 0.29) is 5.76 Å². The number of rotatable bonds is 6. The quantitative estimate of drug-likeness (QED) is 0.467. The van der Waals surface area contributed by atoms with E-state index in [0.717, 1.165) is 29.6 Å². The SMILES string of the molecule is CCOC(=O)c1ccc(-c2nn(CCc3ccccc3)c3ccccc23)o1. The van der Waals surface area contributed by atoms with Gasteiger partial charge in [-0.2, -0.15) is 5.10 Å². The fourth-order valence-electron chi connectivity index (χ4n) is 3.14. The maximum Gasteiger partial charge on any atom is 0.374 e. The monoisotopic (exact) mass is 360 g/mol. The molecule has 27 heavy (non-hydrogen) atoms. The van der Waals surface area contributed by atoms with Crippen molar-refractivity contribution < 1.29 is 13.9 Å². The summed E-state index contributed by atoms with van der Waals surface area (Å²) in [6.45, 7) is 2.84. The minimum absolute atomic E-state index is 0.190. The van der Waals surface area contributed by atoms with Crippen molar-refractivity contribution >= 4 is 16.9 Å². The van der Waals surface area contributed by atoms with E-state index in [1.54, 1.807) is 19.1 Å². The second-order valence-corrected chi connectivity index (χ2v) is 6.21. The Morgan fingerprint density at radius 2 is 1.81 bits per heavy atom. The Morgan fingerprint density at radius 1 is 1.04 bits per heavy atom. The molecule has 0 radical (unpaired) electrons. The Balaban J connectivity index is 1.67. The first kappa shape index (κ1) is 17.1. The molecule has 136 valence electrons. The Morgan fingerprint density at radius 3 is 2.63 bits per heavy atom. The molecule has 0 aliphatic heterocycles. The van der Waals surface area contributed by atoms with Gasteiger partial charge in [0.25, 0.3) is 0 Å². The van der Waals surface area contributed by atoms with E-state index < -0.39 is 5.97 Å². The molecular formula is C22H20N2O3. The third kappa shape index (κ3) is 3.49. The fourth-order valence-corrected chi connectivity index (χ4v) is 3.14. The maximum atomic E-state index is 11.9. The summed E-state index contributed by atoms with van der Waals surface area (Å²) in [5, 5.41) is 5.76. The number of para-hydroxylation sites is 1. The Labute approximate surface area is 157 Å². The minimum atomic E-state index is -0.462. The van der Waals surface area contributed by atoms with Gasteiger partial charge in [0.1, 0.15) is 5.69 Å². The molecule has 4 rings (SSSR count). The van der Waals surface area contributed by atoms with Gasteiger partial charge in [-0.15, -0.1) is 0 Å². The van der Waals surface area contributed by atoms with Crippen molar-refractivity contribution in [3.63, 3.8) is 0 Å². The molecule has 0 fully saturated rings. The van der Waals surface area contributed by atoms with Crippen LogP contribution < -0.4 is 0 Å². The number of hydrogen-bond acceptors (Lipinski definition) is 4. The number of nitrogens with zero attached hydrogens (tertiary/aromatic N) is 2. The lowest BCUT2D eigenvalue weighted by atomic mass is 10.1. The van der Waals surface area contributed by atoms with E-state index in [0.29, 0.717) is 12.4 Å². The average molecular weight is 360 g/mol. The van der Waals surface area contributed by atoms with E-state index in [1.165, 1.54) is 5.56 Å². The smallest absolute Gasteiger partial charge is 0.374 e. The molecule has 2 heterocycles. The first-order valence-electron chi connectivity index (χ1n) is 9.03. The van der Waals surface area contributed by atoms with Gasteiger partial charge >= 0.3 is 5.97 Å². The molecule has 0 saturated heterocycles. The van der Waals surface area contributed by atoms with E-state index in [1.807, 2.05) is 47.1 Å². The van der Waals surface area contributed by atoms with Crippen molar-refractivity contribution in [3.8, 4) is 11.5 Å². The third-order valence-corrected chi connectivity index (χ3v) is 4.43. The maximum absolute atomic E-state index is 11.9. The Bertz CT molecular complexity index is 1060. The zero-order valence-electron chi connectivity index (χ0n) is 15.1. The van der Waals surface area contributed by atoms with E-state index in [2.05, 4.69) is 12.1 Å². The highest BCUT2D eigenvalue weighted by molar-refractivity contribution is 5.93. The van der Waals surface area contributed by atoms with Crippen molar-refractivity contribution in [3.05, 3.63) is 78.1 Å². The van der Waals surface area contributed by atoms with Gasteiger partial charge in [-0.1, -0.05) is 48.5 Å². The molecule has 0 spiro atoms. The largest absolute Gasteiger partial charge is 0.460 e. The van der Waals surface area contributed by atoms with Crippen molar-refractivity contribution in [1.29, 1.82) is 0 Å². The zero-order chi connectivity index (χ0) is 18.6. The lowest BCUT2D eigenvalue weighted by Crippen LogP contribution is -2.03. The van der Waals surface area contributed by atoms with Crippen molar-refractivity contribution in [2.24, 2.45) is 0 Å². The van der Waals surface area contributed by atoms with Gasteiger partial charge in [-0.3, -0.25) is 4.68 Å². The fraction of sp³-hybridized carbons (Fsp3) is 0.182. The normalized spacial score (nSPS) is 11.0. The van der Waals surface area contributed by atoms with Gasteiger partial charge in [-0.25, -0.2) is 4.79 Å². The number of esters is 1. The molecule has 2 aromatic carbocycles. The predicted molar refractivity (Wildman–Crippen MR) is 104 cm³/mol. The summed E-state index contributed by atoms with van der Waals surface area (Å²) >= 11 is 0. The van der Waals surface area contributed by atoms with Crippen molar-refractivity contribution in [2.75, 3.05) is 6.61 Å². The van der Waals surface area contributed by atoms with Crippen LogP contribution in [0.5, 0.6) is 0 Å². The molecule has 0 atom stereocenters. The van der Waals surface area contributed by atoms with Crippen LogP contribution in [-0.4, -0.2) is 22.4 Å². The summed E-state index contributed by atoms with van der Waals surface area (Å²) in [6.07, 6.45) is 0.887. The molecule has 2 aromatic heterocycles. The van der Waals surface area contributed by atoms with Crippen LogP contribution in [0.3, 0.4) is 0 Å². The lowest BCUT2D eigenvalue weighted by molar-refractivity contribution is 0.0491. The van der Waals surface area contributed by atoms with Gasteiger partial charge in [0.15, 0.2) is 5.76 Å². The van der Waals surface area contributed by atoms with Crippen LogP contribution in [0.25, 0.3) is 22.4 Å². The highest BCUT2D eigenvalue weighted by Gasteiger charge is 2.18. The van der Waals surface area contributed by atoms with Crippen LogP contribution in [0.1, 0.15) is 23.0 Å². The number of hydrogen-bond donors (Lipinski definition) is 0. The number of carbonyl (C=O) groups excluding carboxylic acids is 1. The summed E-state index contributed by atoms with van der Waals surface area (Å²) in [7, 11) is 0. The van der Waals surface area contributed by atoms with Gasteiger partial charge in [0, 0.05) is 11.9 Å². The molecular weight excluding hydrogens is 340 g/mol. The minimum Gasteiger partial charge on any atom is -0.460 e. The topological polar surface area (TPSA) is 57.3 Å². The molecule has 0 N–H and O–H groups in total. The first-order valence-corrected chi connectivity index (χ1v) is 9.03. The number of ether oxygens (including phenoxy) is 1. The van der Waals surface area contributed by atoms with E-state index in [9.17, 15) is 4.79 Å². The van der Waals surface area contributed by atoms with Gasteiger partial charge < -0.3 is 9.15 Å². The number of aryl methyl sites for hydroxylation is 2. The first-order chi connectivity index (χ1) is 13.3. The van der Waals surface area contributed by atoms with Crippen molar-refractivity contribution in [1.82, 2.24) is 9.78 Å². The molecule has 0 unspecified atom stereocenters. The van der Waals surface area contributed by atoms with Crippen LogP contribution in [0.15, 0.2) is 71.1 Å². The lowest BCUT2D eigenvalue weighted by Gasteiger charge is -2.03. The summed E-state index contributed by atoms with van der Waals surface area (Å²) in [5.74, 6) is 0.291. The number of carbonyl (C=O) groups is 1. The molecule has 0 aliphatic rings. The number of aromatic nitrogens is 2. The summed E-state index contributed by atoms with van der Waals surface area (Å²) in [4.78, 5) is 11.9. The van der Waals surface area contributed by atoms with E-state index >= 15 is 0 Å². The van der Waals surface area contributed by atoms with Crippen LogP contribution in [0, 0.1) is 0 Å². The number of benzene rings is 2. The van der Waals surface area contributed by atoms with Crippen LogP contribution in [0.4, 0.5) is 0 Å². The highest BCUT2D eigenvalue weighted by atomic mass is 16.5. The highest BCUT2D eigenvalue weighted by Crippen LogP contribution is 2.29. The van der Waals surface area contributed by atoms with Gasteiger partial charge in [0.2, 0.25) is 5.76 Å². The average Bonchev–Trinajstić information content (AvgIpc) is 3.32. The Hall–Kier alpha value is -3.34. The third-order valence-electron chi connectivity index (χ3n) is 4.43. The molecule has 0 aliphatic carbocycles. The van der Waals surface area contributed by atoms with Crippen LogP contribution >= 0.6 is 0 Å². The predicted octanol–water partition coefficient (Wildman–Crippen LogP) is 4.72. The van der Waals surface area contributed by atoms with Crippen LogP contribution in [0.2, 0.25) is 0 Å². The molecule has 4 aromatic rings. The molecule has 5 heteroatoms. The summed E-state index contributed by atoms with van der Waals surface area (Å²) in [6, 6.07) is 21.8. The number of furan rings is 1. The van der Waals surface area contributed by atoms with Gasteiger partial charge in [0.05, 0.1) is 12.1 Å². The molecule has 0 bridgehead atoms. The van der Waals surface area contributed by atoms with Crippen LogP contribution in [-0.2, 0) is 17.7 Å². The van der Waals surface area contributed by atoms with E-state index in [4.69, 9.17) is 14.3 Å². The zero-order valence-corrected chi connectivity index (χ0v) is 15.1. The molecule has 0 amide bonds. The Kier molecular flexibility index (Phi) is 4.75.